The van der Waals surface area contributed by atoms with Crippen molar-refractivity contribution in [2.75, 3.05) is 37.5 Å². The number of anilines is 2. The van der Waals surface area contributed by atoms with Crippen LogP contribution in [0.2, 0.25) is 0 Å². The summed E-state index contributed by atoms with van der Waals surface area (Å²) in [6.45, 7) is 1.73. The van der Waals surface area contributed by atoms with Gasteiger partial charge in [-0.2, -0.15) is 15.0 Å². The number of methoxy groups -OCH3 is 1. The van der Waals surface area contributed by atoms with Gasteiger partial charge in [0.05, 0.1) is 6.10 Å². The van der Waals surface area contributed by atoms with Crippen molar-refractivity contribution < 1.29 is 4.74 Å². The van der Waals surface area contributed by atoms with E-state index in [4.69, 9.17) is 4.74 Å². The molecule has 3 heterocycles. The maximum absolute atomic E-state index is 5.46. The Kier molecular flexibility index (Phi) is 3.96. The Bertz CT molecular complexity index is 586. The Labute approximate surface area is 123 Å². The van der Waals surface area contributed by atoms with Crippen LogP contribution in [-0.2, 0) is 4.74 Å². The molecule has 0 radical (unpaired) electrons. The van der Waals surface area contributed by atoms with Crippen LogP contribution in [0.15, 0.2) is 18.7 Å². The lowest BCUT2D eigenvalue weighted by Gasteiger charge is -2.32. The molecule has 1 fully saturated rings. The van der Waals surface area contributed by atoms with Crippen molar-refractivity contribution in [1.82, 2.24) is 24.5 Å². The molecule has 0 aromatic carbocycles. The summed E-state index contributed by atoms with van der Waals surface area (Å²) < 4.78 is 7.23. The average molecular weight is 289 g/mol. The summed E-state index contributed by atoms with van der Waals surface area (Å²) in [7, 11) is 3.54. The highest BCUT2D eigenvalue weighted by atomic mass is 16.5. The molecule has 3 rings (SSSR count). The zero-order valence-corrected chi connectivity index (χ0v) is 12.2. The molecule has 1 N–H and O–H groups in total. The number of hydrogen-bond acceptors (Lipinski definition) is 7. The molecular weight excluding hydrogens is 270 g/mol. The Morgan fingerprint density at radius 2 is 2.14 bits per heavy atom. The zero-order valence-electron chi connectivity index (χ0n) is 12.2. The van der Waals surface area contributed by atoms with Crippen molar-refractivity contribution in [3.8, 4) is 5.95 Å². The molecule has 8 nitrogen and oxygen atoms in total. The third-order valence-electron chi connectivity index (χ3n) is 3.57. The molecule has 0 amide bonds. The molecule has 0 aliphatic carbocycles. The number of nitrogens with one attached hydrogen (secondary N) is 1. The number of ether oxygens (including phenoxy) is 1. The standard InChI is InChI=1S/C13H19N7O/c1-14-11-16-12(19-6-3-4-10(8-19)21-2)18-13(17-11)20-7-5-15-9-20/h5,7,9-10H,3-4,6,8H2,1-2H3,(H,14,16,17,18). The summed E-state index contributed by atoms with van der Waals surface area (Å²) in [4.78, 5) is 19.5. The van der Waals surface area contributed by atoms with Crippen molar-refractivity contribution in [3.63, 3.8) is 0 Å². The SMILES string of the molecule is CNc1nc(N2CCCC(OC)C2)nc(-n2ccnc2)n1. The van der Waals surface area contributed by atoms with Gasteiger partial charge in [-0.1, -0.05) is 0 Å². The first kappa shape index (κ1) is 13.7. The van der Waals surface area contributed by atoms with E-state index in [0.29, 0.717) is 17.8 Å². The van der Waals surface area contributed by atoms with Gasteiger partial charge in [0.15, 0.2) is 0 Å². The molecule has 1 aliphatic heterocycles. The van der Waals surface area contributed by atoms with Crippen LogP contribution in [-0.4, -0.2) is 57.9 Å². The lowest BCUT2D eigenvalue weighted by atomic mass is 10.1. The van der Waals surface area contributed by atoms with Crippen LogP contribution in [0.4, 0.5) is 11.9 Å². The van der Waals surface area contributed by atoms with E-state index < -0.39 is 0 Å². The second-order valence-electron chi connectivity index (χ2n) is 4.92. The quantitative estimate of drug-likeness (QED) is 0.888. The maximum Gasteiger partial charge on any atom is 0.241 e. The number of hydrogen-bond donors (Lipinski definition) is 1. The first-order valence-corrected chi connectivity index (χ1v) is 7.00. The van der Waals surface area contributed by atoms with E-state index in [2.05, 4.69) is 30.2 Å². The zero-order chi connectivity index (χ0) is 14.7. The molecule has 2 aromatic heterocycles. The van der Waals surface area contributed by atoms with Gasteiger partial charge in [-0.15, -0.1) is 0 Å². The molecule has 1 aliphatic rings. The Hall–Kier alpha value is -2.22. The molecule has 1 atom stereocenters. The van der Waals surface area contributed by atoms with Crippen molar-refractivity contribution in [2.45, 2.75) is 18.9 Å². The molecule has 21 heavy (non-hydrogen) atoms. The molecule has 1 unspecified atom stereocenters. The van der Waals surface area contributed by atoms with Crippen LogP contribution in [0.1, 0.15) is 12.8 Å². The normalized spacial score (nSPS) is 18.8. The van der Waals surface area contributed by atoms with Crippen molar-refractivity contribution >= 4 is 11.9 Å². The second-order valence-corrected chi connectivity index (χ2v) is 4.92. The fraction of sp³-hybridized carbons (Fsp3) is 0.538. The Morgan fingerprint density at radius 3 is 2.86 bits per heavy atom. The van der Waals surface area contributed by atoms with Crippen molar-refractivity contribution in [2.24, 2.45) is 0 Å². The van der Waals surface area contributed by atoms with Crippen LogP contribution in [0, 0.1) is 0 Å². The van der Waals surface area contributed by atoms with Gasteiger partial charge in [0.2, 0.25) is 17.8 Å². The van der Waals surface area contributed by atoms with Crippen LogP contribution >= 0.6 is 0 Å². The molecule has 112 valence electrons. The minimum absolute atomic E-state index is 0.227. The predicted molar refractivity (Wildman–Crippen MR) is 78.7 cm³/mol. The molecular formula is C13H19N7O. The Balaban J connectivity index is 1.92. The molecule has 0 spiro atoms. The van der Waals surface area contributed by atoms with Crippen LogP contribution in [0.25, 0.3) is 5.95 Å². The average Bonchev–Trinajstić information content (AvgIpc) is 3.09. The van der Waals surface area contributed by atoms with Crippen LogP contribution < -0.4 is 10.2 Å². The number of rotatable bonds is 4. The van der Waals surface area contributed by atoms with Crippen LogP contribution in [0.3, 0.4) is 0 Å². The van der Waals surface area contributed by atoms with E-state index in [1.54, 1.807) is 31.2 Å². The van der Waals surface area contributed by atoms with Crippen molar-refractivity contribution in [3.05, 3.63) is 18.7 Å². The molecule has 8 heteroatoms. The fourth-order valence-electron chi connectivity index (χ4n) is 2.41. The molecule has 1 saturated heterocycles. The Morgan fingerprint density at radius 1 is 1.29 bits per heavy atom. The highest BCUT2D eigenvalue weighted by Crippen LogP contribution is 2.19. The third kappa shape index (κ3) is 2.94. The van der Waals surface area contributed by atoms with Gasteiger partial charge in [-0.3, -0.25) is 4.57 Å². The monoisotopic (exact) mass is 289 g/mol. The molecule has 0 saturated carbocycles. The fourth-order valence-corrected chi connectivity index (χ4v) is 2.41. The van der Waals surface area contributed by atoms with E-state index in [0.717, 1.165) is 25.9 Å². The topological polar surface area (TPSA) is 81.0 Å². The van der Waals surface area contributed by atoms with Gasteiger partial charge in [-0.05, 0) is 12.8 Å². The van der Waals surface area contributed by atoms with E-state index in [9.17, 15) is 0 Å². The van der Waals surface area contributed by atoms with Crippen molar-refractivity contribution in [1.29, 1.82) is 0 Å². The highest BCUT2D eigenvalue weighted by molar-refractivity contribution is 5.40. The predicted octanol–water partition coefficient (Wildman–Crippen LogP) is 0.714. The van der Waals surface area contributed by atoms with Gasteiger partial charge in [-0.25, -0.2) is 4.98 Å². The largest absolute Gasteiger partial charge is 0.380 e. The van der Waals surface area contributed by atoms with Gasteiger partial charge < -0.3 is 15.0 Å². The minimum atomic E-state index is 0.227. The third-order valence-corrected chi connectivity index (χ3v) is 3.57. The number of nitrogens with zero attached hydrogens (tertiary/aromatic N) is 6. The summed E-state index contributed by atoms with van der Waals surface area (Å²) in [5.74, 6) is 1.77. The summed E-state index contributed by atoms with van der Waals surface area (Å²) in [5, 5.41) is 2.98. The van der Waals surface area contributed by atoms with E-state index in [1.807, 2.05) is 6.20 Å². The lowest BCUT2D eigenvalue weighted by molar-refractivity contribution is 0.0889. The summed E-state index contributed by atoms with van der Waals surface area (Å²) in [5.41, 5.74) is 0. The first-order valence-electron chi connectivity index (χ1n) is 7.00. The van der Waals surface area contributed by atoms with Gasteiger partial charge in [0.1, 0.15) is 6.33 Å². The van der Waals surface area contributed by atoms with Gasteiger partial charge >= 0.3 is 0 Å². The highest BCUT2D eigenvalue weighted by Gasteiger charge is 2.22. The number of aromatic nitrogens is 5. The molecule has 0 bridgehead atoms. The minimum Gasteiger partial charge on any atom is -0.380 e. The van der Waals surface area contributed by atoms with E-state index in [-0.39, 0.29) is 6.10 Å². The lowest BCUT2D eigenvalue weighted by Crippen LogP contribution is -2.40. The molecule has 2 aromatic rings. The maximum atomic E-state index is 5.46. The van der Waals surface area contributed by atoms with Gasteiger partial charge in [0.25, 0.3) is 0 Å². The second kappa shape index (κ2) is 6.04. The number of imidazole rings is 1. The number of piperidine rings is 1. The van der Waals surface area contributed by atoms with Gasteiger partial charge in [0, 0.05) is 39.6 Å². The first-order chi connectivity index (χ1) is 10.3. The van der Waals surface area contributed by atoms with Crippen LogP contribution in [0.5, 0.6) is 0 Å². The summed E-state index contributed by atoms with van der Waals surface area (Å²) in [6.07, 6.45) is 7.56. The summed E-state index contributed by atoms with van der Waals surface area (Å²) in [6, 6.07) is 0. The summed E-state index contributed by atoms with van der Waals surface area (Å²) >= 11 is 0. The van der Waals surface area contributed by atoms with E-state index >= 15 is 0 Å². The van der Waals surface area contributed by atoms with E-state index in [1.165, 1.54) is 0 Å². The smallest absolute Gasteiger partial charge is 0.241 e.